The molecule has 0 atom stereocenters. The lowest BCUT2D eigenvalue weighted by atomic mass is 9.97. The number of carbonyl (C=O) groups is 1. The molecule has 2 aromatic heterocycles. The maximum Gasteiger partial charge on any atom is 0.411 e. The van der Waals surface area contributed by atoms with E-state index in [9.17, 15) is 18.0 Å². The van der Waals surface area contributed by atoms with E-state index in [1.165, 1.54) is 6.07 Å². The van der Waals surface area contributed by atoms with Gasteiger partial charge < -0.3 is 4.90 Å². The van der Waals surface area contributed by atoms with Crippen LogP contribution in [0.4, 0.5) is 13.2 Å². The van der Waals surface area contributed by atoms with Gasteiger partial charge in [-0.3, -0.25) is 14.8 Å². The van der Waals surface area contributed by atoms with Gasteiger partial charge in [-0.25, -0.2) is 0 Å². The van der Waals surface area contributed by atoms with E-state index in [1.807, 2.05) is 6.07 Å². The average Bonchev–Trinajstić information content (AvgIpc) is 2.76. The number of halogens is 3. The summed E-state index contributed by atoms with van der Waals surface area (Å²) < 4.78 is 42.0. The van der Waals surface area contributed by atoms with Gasteiger partial charge in [0.2, 0.25) is 0 Å². The first-order chi connectivity index (χ1) is 14.7. The van der Waals surface area contributed by atoms with E-state index in [1.54, 1.807) is 61.1 Å². The van der Waals surface area contributed by atoms with E-state index >= 15 is 0 Å². The van der Waals surface area contributed by atoms with Gasteiger partial charge in [0.05, 0.1) is 5.52 Å². The highest BCUT2D eigenvalue weighted by molar-refractivity contribution is 5.98. The normalized spacial score (nSPS) is 12.3. The highest BCUT2D eigenvalue weighted by atomic mass is 19.4. The molecular weight excluding hydrogens is 403 g/mol. The van der Waals surface area contributed by atoms with Crippen LogP contribution in [0.1, 0.15) is 29.8 Å². The summed E-state index contributed by atoms with van der Waals surface area (Å²) in [6.45, 7) is 1.86. The van der Waals surface area contributed by atoms with E-state index in [0.717, 1.165) is 29.5 Å². The molecule has 0 aliphatic heterocycles. The number of rotatable bonds is 4. The second kappa shape index (κ2) is 7.65. The SMILES string of the molecule is CC(C)(N(Cc1cccc2cnccc12)C(=O)c1ccc2ncccc2c1)C(F)(F)F. The lowest BCUT2D eigenvalue weighted by Crippen LogP contribution is -2.56. The van der Waals surface area contributed by atoms with Crippen LogP contribution in [0, 0.1) is 0 Å². The molecule has 4 rings (SSSR count). The predicted octanol–water partition coefficient (Wildman–Crippen LogP) is 5.77. The summed E-state index contributed by atoms with van der Waals surface area (Å²) >= 11 is 0. The van der Waals surface area contributed by atoms with Crippen molar-refractivity contribution in [2.24, 2.45) is 0 Å². The fourth-order valence-corrected chi connectivity index (χ4v) is 3.54. The zero-order valence-corrected chi connectivity index (χ0v) is 17.0. The van der Waals surface area contributed by atoms with Crippen LogP contribution in [0.15, 0.2) is 73.2 Å². The van der Waals surface area contributed by atoms with Gasteiger partial charge >= 0.3 is 6.18 Å². The summed E-state index contributed by atoms with van der Waals surface area (Å²) in [7, 11) is 0. The largest absolute Gasteiger partial charge is 0.411 e. The minimum absolute atomic E-state index is 0.180. The molecule has 0 N–H and O–H groups in total. The predicted molar refractivity (Wildman–Crippen MR) is 113 cm³/mol. The molecule has 31 heavy (non-hydrogen) atoms. The summed E-state index contributed by atoms with van der Waals surface area (Å²) in [6.07, 6.45) is 0.241. The molecule has 2 heterocycles. The second-order valence-corrected chi connectivity index (χ2v) is 7.87. The van der Waals surface area contributed by atoms with Gasteiger partial charge in [-0.2, -0.15) is 13.2 Å². The lowest BCUT2D eigenvalue weighted by molar-refractivity contribution is -0.213. The van der Waals surface area contributed by atoms with Crippen LogP contribution in [0.2, 0.25) is 0 Å². The number of nitrogens with zero attached hydrogens (tertiary/aromatic N) is 3. The minimum atomic E-state index is -4.62. The number of aromatic nitrogens is 2. The smallest absolute Gasteiger partial charge is 0.320 e. The number of fused-ring (bicyclic) bond motifs is 2. The van der Waals surface area contributed by atoms with Crippen molar-refractivity contribution in [3.63, 3.8) is 0 Å². The molecule has 4 nitrogen and oxygen atoms in total. The van der Waals surface area contributed by atoms with E-state index in [2.05, 4.69) is 9.97 Å². The van der Waals surface area contributed by atoms with E-state index in [4.69, 9.17) is 0 Å². The first-order valence-electron chi connectivity index (χ1n) is 9.73. The molecule has 0 radical (unpaired) electrons. The maximum absolute atomic E-state index is 14.0. The molecule has 2 aromatic carbocycles. The fraction of sp³-hybridized carbons (Fsp3) is 0.208. The van der Waals surface area contributed by atoms with Crippen molar-refractivity contribution in [3.8, 4) is 0 Å². The minimum Gasteiger partial charge on any atom is -0.320 e. The number of carbonyl (C=O) groups excluding carboxylic acids is 1. The van der Waals surface area contributed by atoms with E-state index in [-0.39, 0.29) is 12.1 Å². The molecular formula is C24H20F3N3O. The molecule has 0 spiro atoms. The number of pyridine rings is 2. The highest BCUT2D eigenvalue weighted by Gasteiger charge is 2.53. The Kier molecular flexibility index (Phi) is 5.13. The Morgan fingerprint density at radius 2 is 1.74 bits per heavy atom. The summed E-state index contributed by atoms with van der Waals surface area (Å²) in [6, 6.07) is 15.3. The lowest BCUT2D eigenvalue weighted by Gasteiger charge is -2.40. The molecule has 0 saturated heterocycles. The van der Waals surface area contributed by atoms with Gasteiger partial charge in [0.1, 0.15) is 5.54 Å². The third-order valence-corrected chi connectivity index (χ3v) is 5.56. The summed E-state index contributed by atoms with van der Waals surface area (Å²) in [4.78, 5) is 22.6. The Labute approximate surface area is 177 Å². The molecule has 0 bridgehead atoms. The van der Waals surface area contributed by atoms with Crippen molar-refractivity contribution in [2.45, 2.75) is 32.1 Å². The molecule has 1 amide bonds. The maximum atomic E-state index is 14.0. The van der Waals surface area contributed by atoms with Crippen LogP contribution in [0.25, 0.3) is 21.7 Å². The van der Waals surface area contributed by atoms with Crippen LogP contribution >= 0.6 is 0 Å². The Balaban J connectivity index is 1.81. The van der Waals surface area contributed by atoms with Crippen molar-refractivity contribution in [1.82, 2.24) is 14.9 Å². The molecule has 0 fully saturated rings. The molecule has 0 aliphatic carbocycles. The number of hydrogen-bond donors (Lipinski definition) is 0. The Morgan fingerprint density at radius 3 is 2.52 bits per heavy atom. The van der Waals surface area contributed by atoms with E-state index < -0.39 is 17.6 Å². The fourth-order valence-electron chi connectivity index (χ4n) is 3.54. The number of alkyl halides is 3. The molecule has 0 aliphatic rings. The number of amides is 1. The third-order valence-electron chi connectivity index (χ3n) is 5.56. The van der Waals surface area contributed by atoms with Gasteiger partial charge in [-0.15, -0.1) is 0 Å². The van der Waals surface area contributed by atoms with Crippen molar-refractivity contribution in [2.75, 3.05) is 0 Å². The van der Waals surface area contributed by atoms with Gasteiger partial charge in [-0.1, -0.05) is 24.3 Å². The van der Waals surface area contributed by atoms with Crippen LogP contribution in [0.3, 0.4) is 0 Å². The molecule has 7 heteroatoms. The molecule has 0 saturated carbocycles. The van der Waals surface area contributed by atoms with Crippen molar-refractivity contribution in [1.29, 1.82) is 0 Å². The van der Waals surface area contributed by atoms with Crippen LogP contribution in [0.5, 0.6) is 0 Å². The number of hydrogen-bond acceptors (Lipinski definition) is 3. The average molecular weight is 423 g/mol. The Morgan fingerprint density at radius 1 is 0.968 bits per heavy atom. The van der Waals surface area contributed by atoms with Gasteiger partial charge in [0, 0.05) is 41.5 Å². The van der Waals surface area contributed by atoms with Crippen LogP contribution in [-0.4, -0.2) is 32.5 Å². The first-order valence-corrected chi connectivity index (χ1v) is 9.73. The second-order valence-electron chi connectivity index (χ2n) is 7.87. The zero-order valence-electron chi connectivity index (χ0n) is 17.0. The zero-order chi connectivity index (χ0) is 22.2. The quantitative estimate of drug-likeness (QED) is 0.419. The summed E-state index contributed by atoms with van der Waals surface area (Å²) in [5.41, 5.74) is -0.918. The first kappa shape index (κ1) is 20.8. The van der Waals surface area contributed by atoms with Crippen LogP contribution in [-0.2, 0) is 6.54 Å². The Hall–Kier alpha value is -3.48. The van der Waals surface area contributed by atoms with Crippen molar-refractivity contribution in [3.05, 3.63) is 84.3 Å². The van der Waals surface area contributed by atoms with Gasteiger partial charge in [-0.05, 0) is 55.1 Å². The molecule has 4 aromatic rings. The van der Waals surface area contributed by atoms with Gasteiger partial charge in [0.25, 0.3) is 5.91 Å². The molecule has 0 unspecified atom stereocenters. The molecule has 158 valence electrons. The summed E-state index contributed by atoms with van der Waals surface area (Å²) in [5.74, 6) is -0.695. The third kappa shape index (κ3) is 3.83. The van der Waals surface area contributed by atoms with Crippen molar-refractivity contribution >= 4 is 27.6 Å². The summed E-state index contributed by atoms with van der Waals surface area (Å²) in [5, 5.41) is 2.25. The van der Waals surface area contributed by atoms with Gasteiger partial charge in [0.15, 0.2) is 0 Å². The van der Waals surface area contributed by atoms with Crippen molar-refractivity contribution < 1.29 is 18.0 Å². The standard InChI is InChI=1S/C24H20F3N3O/c1-23(2,24(25,26)27)30(15-19-6-3-5-18-14-28-12-10-20(18)19)22(31)17-8-9-21-16(13-17)7-4-11-29-21/h3-14H,15H2,1-2H3. The Bertz CT molecular complexity index is 1260. The monoisotopic (exact) mass is 423 g/mol. The number of benzene rings is 2. The van der Waals surface area contributed by atoms with Crippen LogP contribution < -0.4 is 0 Å². The van der Waals surface area contributed by atoms with E-state index in [0.29, 0.717) is 16.5 Å². The highest BCUT2D eigenvalue weighted by Crippen LogP contribution is 2.37. The topological polar surface area (TPSA) is 46.1 Å².